The van der Waals surface area contributed by atoms with E-state index in [1.54, 1.807) is 28.7 Å². The quantitative estimate of drug-likeness (QED) is 0.675. The summed E-state index contributed by atoms with van der Waals surface area (Å²) in [6.07, 6.45) is -2.83. The normalized spacial score (nSPS) is 19.5. The van der Waals surface area contributed by atoms with E-state index in [-0.39, 0.29) is 17.4 Å². The highest BCUT2D eigenvalue weighted by Gasteiger charge is 2.33. The third-order valence-electron chi connectivity index (χ3n) is 5.48. The minimum absolute atomic E-state index is 0.0229. The number of thioether (sulfide) groups is 1. The molecular formula is C20H21F3N4O2S. The Hall–Kier alpha value is -2.49. The van der Waals surface area contributed by atoms with E-state index in [4.69, 9.17) is 0 Å². The Morgan fingerprint density at radius 3 is 2.63 bits per heavy atom. The smallest absolute Gasteiger partial charge is 0.368 e. The highest BCUT2D eigenvalue weighted by atomic mass is 32.2. The summed E-state index contributed by atoms with van der Waals surface area (Å²) in [4.78, 5) is 33.2. The van der Waals surface area contributed by atoms with Gasteiger partial charge in [-0.15, -0.1) is 0 Å². The second kappa shape index (κ2) is 7.98. The molecule has 1 atom stereocenters. The molecular weight excluding hydrogens is 417 g/mol. The van der Waals surface area contributed by atoms with E-state index >= 15 is 0 Å². The molecule has 1 aromatic heterocycles. The van der Waals surface area contributed by atoms with E-state index < -0.39 is 11.7 Å². The summed E-state index contributed by atoms with van der Waals surface area (Å²) < 4.78 is 40.5. The predicted octanol–water partition coefficient (Wildman–Crippen LogP) is 2.64. The lowest BCUT2D eigenvalue weighted by molar-refractivity contribution is -0.137. The number of rotatable bonds is 2. The molecule has 0 aliphatic carbocycles. The molecule has 1 unspecified atom stereocenters. The fourth-order valence-corrected chi connectivity index (χ4v) is 4.81. The summed E-state index contributed by atoms with van der Waals surface area (Å²) in [5.41, 5.74) is 0.249. The fourth-order valence-electron chi connectivity index (χ4n) is 3.77. The van der Waals surface area contributed by atoms with Gasteiger partial charge < -0.3 is 9.80 Å². The number of anilines is 1. The maximum absolute atomic E-state index is 13.0. The molecule has 2 aromatic rings. The van der Waals surface area contributed by atoms with Gasteiger partial charge >= 0.3 is 6.18 Å². The second-order valence-corrected chi connectivity index (χ2v) is 8.50. The van der Waals surface area contributed by atoms with E-state index in [1.165, 1.54) is 17.8 Å². The number of halogens is 3. The molecule has 0 radical (unpaired) electrons. The third-order valence-corrected chi connectivity index (χ3v) is 6.63. The van der Waals surface area contributed by atoms with Gasteiger partial charge in [-0.1, -0.05) is 17.8 Å². The number of aromatic nitrogens is 2. The van der Waals surface area contributed by atoms with E-state index in [1.807, 2.05) is 4.90 Å². The molecule has 0 N–H and O–H groups in total. The summed E-state index contributed by atoms with van der Waals surface area (Å²) in [6.45, 7) is 3.80. The molecule has 1 fully saturated rings. The van der Waals surface area contributed by atoms with Crippen molar-refractivity contribution < 1.29 is 18.0 Å². The lowest BCUT2D eigenvalue weighted by Gasteiger charge is -2.38. The van der Waals surface area contributed by atoms with Crippen molar-refractivity contribution in [1.82, 2.24) is 14.5 Å². The average molecular weight is 438 g/mol. The molecule has 3 heterocycles. The summed E-state index contributed by atoms with van der Waals surface area (Å²) in [5, 5.41) is 0.629. The van der Waals surface area contributed by atoms with Crippen molar-refractivity contribution >= 4 is 23.4 Å². The maximum atomic E-state index is 13.0. The van der Waals surface area contributed by atoms with E-state index in [9.17, 15) is 22.8 Å². The molecule has 2 aliphatic heterocycles. The standard InChI is InChI=1S/C20H21F3N4O2S/c1-13-10-24-19-27(17(13)28)11-14(12-30-19)18(29)26-7-5-25(6-8-26)16-4-2-3-15(9-16)20(21,22)23/h2-4,9-10,14H,5-8,11-12H2,1H3. The van der Waals surface area contributed by atoms with Crippen molar-refractivity contribution in [2.75, 3.05) is 36.8 Å². The molecule has 160 valence electrons. The third kappa shape index (κ3) is 4.05. The number of benzene rings is 1. The van der Waals surface area contributed by atoms with Gasteiger partial charge in [-0.25, -0.2) is 4.98 Å². The minimum Gasteiger partial charge on any atom is -0.368 e. The first-order valence-electron chi connectivity index (χ1n) is 9.64. The van der Waals surface area contributed by atoms with Crippen LogP contribution in [0.5, 0.6) is 0 Å². The van der Waals surface area contributed by atoms with Crippen LogP contribution >= 0.6 is 11.8 Å². The monoisotopic (exact) mass is 438 g/mol. The predicted molar refractivity (Wildman–Crippen MR) is 108 cm³/mol. The largest absolute Gasteiger partial charge is 0.416 e. The number of carbonyl (C=O) groups is 1. The number of hydrogen-bond donors (Lipinski definition) is 0. The Morgan fingerprint density at radius 2 is 1.93 bits per heavy atom. The van der Waals surface area contributed by atoms with Crippen LogP contribution in [0, 0.1) is 12.8 Å². The van der Waals surface area contributed by atoms with Crippen molar-refractivity contribution in [1.29, 1.82) is 0 Å². The van der Waals surface area contributed by atoms with Gasteiger partial charge in [0.1, 0.15) is 0 Å². The second-order valence-electron chi connectivity index (χ2n) is 7.51. The number of aryl methyl sites for hydroxylation is 1. The number of hydrogen-bond acceptors (Lipinski definition) is 5. The number of alkyl halides is 3. The molecule has 0 spiro atoms. The van der Waals surface area contributed by atoms with Crippen LogP contribution in [-0.2, 0) is 17.5 Å². The van der Waals surface area contributed by atoms with Gasteiger partial charge in [0.05, 0.1) is 11.5 Å². The number of fused-ring (bicyclic) bond motifs is 1. The Bertz CT molecular complexity index is 1020. The molecule has 1 amide bonds. The first kappa shape index (κ1) is 20.8. The van der Waals surface area contributed by atoms with Crippen molar-refractivity contribution in [3.63, 3.8) is 0 Å². The summed E-state index contributed by atoms with van der Waals surface area (Å²) in [6, 6.07) is 5.26. The van der Waals surface area contributed by atoms with Crippen LogP contribution < -0.4 is 10.5 Å². The highest BCUT2D eigenvalue weighted by Crippen LogP contribution is 2.32. The molecule has 0 saturated carbocycles. The van der Waals surface area contributed by atoms with Gasteiger partial charge in [-0.3, -0.25) is 14.2 Å². The Morgan fingerprint density at radius 1 is 1.20 bits per heavy atom. The number of nitrogens with zero attached hydrogens (tertiary/aromatic N) is 4. The van der Waals surface area contributed by atoms with Crippen LogP contribution in [0.25, 0.3) is 0 Å². The lowest BCUT2D eigenvalue weighted by Crippen LogP contribution is -2.52. The zero-order valence-corrected chi connectivity index (χ0v) is 17.2. The lowest BCUT2D eigenvalue weighted by atomic mass is 10.1. The number of amides is 1. The van der Waals surface area contributed by atoms with Crippen LogP contribution in [0.15, 0.2) is 40.4 Å². The van der Waals surface area contributed by atoms with Crippen molar-refractivity contribution in [3.05, 3.63) is 51.9 Å². The topological polar surface area (TPSA) is 58.4 Å². The minimum atomic E-state index is -4.38. The zero-order chi connectivity index (χ0) is 21.5. The van der Waals surface area contributed by atoms with Crippen LogP contribution in [0.2, 0.25) is 0 Å². The van der Waals surface area contributed by atoms with Crippen LogP contribution in [0.4, 0.5) is 18.9 Å². The van der Waals surface area contributed by atoms with Crippen LogP contribution in [-0.4, -0.2) is 52.3 Å². The SMILES string of the molecule is Cc1cnc2n(c1=O)CC(C(=O)N1CCN(c3cccc(C(F)(F)F)c3)CC1)CS2. The first-order chi connectivity index (χ1) is 14.2. The number of carbonyl (C=O) groups excluding carboxylic acids is 1. The van der Waals surface area contributed by atoms with Crippen molar-refractivity contribution in [2.45, 2.75) is 24.8 Å². The summed E-state index contributed by atoms with van der Waals surface area (Å²) in [5.74, 6) is 0.219. The molecule has 6 nitrogen and oxygen atoms in total. The molecule has 1 saturated heterocycles. The summed E-state index contributed by atoms with van der Waals surface area (Å²) in [7, 11) is 0. The average Bonchev–Trinajstić information content (AvgIpc) is 2.75. The van der Waals surface area contributed by atoms with Gasteiger partial charge in [0, 0.05) is 55.9 Å². The molecule has 10 heteroatoms. The number of piperazine rings is 1. The molecule has 0 bridgehead atoms. The molecule has 2 aliphatic rings. The van der Waals surface area contributed by atoms with Crippen LogP contribution in [0.3, 0.4) is 0 Å². The van der Waals surface area contributed by atoms with Gasteiger partial charge in [0.15, 0.2) is 5.16 Å². The van der Waals surface area contributed by atoms with Crippen LogP contribution in [0.1, 0.15) is 11.1 Å². The molecule has 1 aromatic carbocycles. The highest BCUT2D eigenvalue weighted by molar-refractivity contribution is 7.99. The molecule has 4 rings (SSSR count). The van der Waals surface area contributed by atoms with Gasteiger partial charge in [-0.05, 0) is 25.1 Å². The van der Waals surface area contributed by atoms with E-state index in [0.29, 0.717) is 54.9 Å². The van der Waals surface area contributed by atoms with Crippen molar-refractivity contribution in [2.24, 2.45) is 5.92 Å². The summed E-state index contributed by atoms with van der Waals surface area (Å²) >= 11 is 1.40. The fraction of sp³-hybridized carbons (Fsp3) is 0.450. The Balaban J connectivity index is 1.41. The molecule has 30 heavy (non-hydrogen) atoms. The Kier molecular flexibility index (Phi) is 5.52. The van der Waals surface area contributed by atoms with Crippen molar-refractivity contribution in [3.8, 4) is 0 Å². The van der Waals surface area contributed by atoms with E-state index in [2.05, 4.69) is 4.98 Å². The van der Waals surface area contributed by atoms with Gasteiger partial charge in [-0.2, -0.15) is 13.2 Å². The first-order valence-corrected chi connectivity index (χ1v) is 10.6. The van der Waals surface area contributed by atoms with Gasteiger partial charge in [0.25, 0.3) is 5.56 Å². The maximum Gasteiger partial charge on any atom is 0.416 e. The zero-order valence-electron chi connectivity index (χ0n) is 16.4. The van der Waals surface area contributed by atoms with E-state index in [0.717, 1.165) is 12.1 Å². The Labute approximate surface area is 175 Å². The van der Waals surface area contributed by atoms with Gasteiger partial charge in [0.2, 0.25) is 5.91 Å².